The summed E-state index contributed by atoms with van der Waals surface area (Å²) in [5.41, 5.74) is 1.18. The van der Waals surface area contributed by atoms with Crippen LogP contribution in [0.25, 0.3) is 0 Å². The number of nitrogens with zero attached hydrogens (tertiary/aromatic N) is 1. The molecule has 0 aromatic carbocycles. The van der Waals surface area contributed by atoms with Crippen LogP contribution in [0.4, 0.5) is 0 Å². The van der Waals surface area contributed by atoms with Gasteiger partial charge < -0.3 is 9.04 Å². The van der Waals surface area contributed by atoms with Gasteiger partial charge in [0.05, 0.1) is 38.3 Å². The maximum absolute atomic E-state index is 10.6. The minimum Gasteiger partial charge on any atom is -0.748 e. The first-order chi connectivity index (χ1) is 8.09. The van der Waals surface area contributed by atoms with Crippen molar-refractivity contribution in [2.45, 2.75) is 13.0 Å². The van der Waals surface area contributed by atoms with Gasteiger partial charge in [-0.3, -0.25) is 0 Å². The van der Waals surface area contributed by atoms with Crippen LogP contribution in [0, 0.1) is 0 Å². The van der Waals surface area contributed by atoms with E-state index >= 15 is 0 Å². The molecule has 0 spiro atoms. The van der Waals surface area contributed by atoms with Crippen molar-refractivity contribution in [2.75, 3.05) is 26.4 Å². The van der Waals surface area contributed by atoms with E-state index in [0.29, 0.717) is 17.4 Å². The van der Waals surface area contributed by atoms with Crippen LogP contribution in [-0.4, -0.2) is 43.8 Å². The quantitative estimate of drug-likeness (QED) is 0.525. The molecule has 1 aromatic rings. The predicted molar refractivity (Wildman–Crippen MR) is 79.6 cm³/mol. The number of rotatable bonds is 6. The van der Waals surface area contributed by atoms with E-state index in [2.05, 4.69) is 37.9 Å². The lowest BCUT2D eigenvalue weighted by Gasteiger charge is -2.29. The summed E-state index contributed by atoms with van der Waals surface area (Å²) in [4.78, 5) is 0. The molecule has 8 heteroatoms. The zero-order chi connectivity index (χ0) is 14.0. The minimum absolute atomic E-state index is 0.289. The van der Waals surface area contributed by atoms with Gasteiger partial charge >= 0.3 is 0 Å². The molecule has 18 heavy (non-hydrogen) atoms. The van der Waals surface area contributed by atoms with Crippen molar-refractivity contribution in [3.63, 3.8) is 0 Å². The summed E-state index contributed by atoms with van der Waals surface area (Å²) in [6.07, 6.45) is 0.391. The van der Waals surface area contributed by atoms with E-state index in [1.165, 1.54) is 5.56 Å². The molecule has 0 unspecified atom stereocenters. The van der Waals surface area contributed by atoms with Crippen LogP contribution in [0.5, 0.6) is 0 Å². The van der Waals surface area contributed by atoms with Crippen LogP contribution >= 0.6 is 43.2 Å². The first-order valence-electron chi connectivity index (χ1n) is 5.28. The molecule has 1 aromatic heterocycles. The van der Waals surface area contributed by atoms with Crippen LogP contribution < -0.4 is 0 Å². The Morgan fingerprint density at radius 1 is 1.39 bits per heavy atom. The fourth-order valence-corrected chi connectivity index (χ4v) is 4.98. The average Bonchev–Trinajstić information content (AvgIpc) is 2.41. The lowest BCUT2D eigenvalue weighted by atomic mass is 10.2. The standard InChI is InChI=1S/C10H15Br2NO3S2/c1-13(2,4-3-5-18(14,15)16)7-8-6-9(11)17-10(8)12/h6H,3-5,7H2,1-2H3. The van der Waals surface area contributed by atoms with Crippen molar-refractivity contribution < 1.29 is 17.5 Å². The summed E-state index contributed by atoms with van der Waals surface area (Å²) < 4.78 is 34.5. The van der Waals surface area contributed by atoms with Gasteiger partial charge in [0.1, 0.15) is 6.54 Å². The Balaban J connectivity index is 2.57. The van der Waals surface area contributed by atoms with Gasteiger partial charge in [-0.15, -0.1) is 11.3 Å². The lowest BCUT2D eigenvalue weighted by Crippen LogP contribution is -2.40. The molecule has 104 valence electrons. The third-order valence-corrected chi connectivity index (χ3v) is 5.74. The fourth-order valence-electron chi connectivity index (χ4n) is 1.69. The summed E-state index contributed by atoms with van der Waals surface area (Å²) in [6.45, 7) is 1.45. The molecular weight excluding hydrogens is 406 g/mol. The van der Waals surface area contributed by atoms with E-state index in [-0.39, 0.29) is 5.75 Å². The number of quaternary nitrogens is 1. The Hall–Kier alpha value is 0.530. The number of thiophene rings is 1. The highest BCUT2D eigenvalue weighted by atomic mass is 79.9. The molecule has 0 aliphatic heterocycles. The molecule has 0 N–H and O–H groups in total. The van der Waals surface area contributed by atoms with E-state index in [9.17, 15) is 13.0 Å². The van der Waals surface area contributed by atoms with Crippen molar-refractivity contribution in [1.29, 1.82) is 0 Å². The van der Waals surface area contributed by atoms with Gasteiger partial charge in [-0.05, 0) is 37.9 Å². The van der Waals surface area contributed by atoms with Gasteiger partial charge in [-0.2, -0.15) is 0 Å². The third kappa shape index (κ3) is 6.12. The van der Waals surface area contributed by atoms with Gasteiger partial charge in [-0.25, -0.2) is 8.42 Å². The van der Waals surface area contributed by atoms with E-state index in [1.807, 2.05) is 14.1 Å². The Kier molecular flexibility index (Phi) is 5.82. The van der Waals surface area contributed by atoms with Crippen LogP contribution in [0.15, 0.2) is 13.6 Å². The molecule has 0 radical (unpaired) electrons. The van der Waals surface area contributed by atoms with Gasteiger partial charge in [0.25, 0.3) is 0 Å². The number of hydrogen-bond acceptors (Lipinski definition) is 4. The first-order valence-corrected chi connectivity index (χ1v) is 9.26. The largest absolute Gasteiger partial charge is 0.748 e. The van der Waals surface area contributed by atoms with Crippen LogP contribution in [0.2, 0.25) is 0 Å². The molecule has 0 atom stereocenters. The molecular formula is C10H15Br2NO3S2. The minimum atomic E-state index is -4.10. The Labute approximate surface area is 129 Å². The van der Waals surface area contributed by atoms with E-state index < -0.39 is 10.1 Å². The molecule has 0 amide bonds. The van der Waals surface area contributed by atoms with E-state index in [4.69, 9.17) is 0 Å². The maximum atomic E-state index is 10.6. The smallest absolute Gasteiger partial charge is 0.106 e. The van der Waals surface area contributed by atoms with Crippen molar-refractivity contribution in [1.82, 2.24) is 0 Å². The highest BCUT2D eigenvalue weighted by Crippen LogP contribution is 2.33. The average molecular weight is 421 g/mol. The second-order valence-corrected chi connectivity index (χ2v) is 10.1. The van der Waals surface area contributed by atoms with Crippen molar-refractivity contribution >= 4 is 53.3 Å². The Morgan fingerprint density at radius 3 is 2.44 bits per heavy atom. The Morgan fingerprint density at radius 2 is 2.00 bits per heavy atom. The summed E-state index contributed by atoms with van der Waals surface area (Å²) in [5.74, 6) is -0.289. The van der Waals surface area contributed by atoms with Crippen molar-refractivity contribution in [3.8, 4) is 0 Å². The third-order valence-electron chi connectivity index (χ3n) is 2.48. The first kappa shape index (κ1) is 16.6. The molecule has 0 aliphatic rings. The van der Waals surface area contributed by atoms with Gasteiger partial charge in [0.2, 0.25) is 0 Å². The summed E-state index contributed by atoms with van der Waals surface area (Å²) in [6, 6.07) is 2.05. The summed E-state index contributed by atoms with van der Waals surface area (Å²) in [5, 5.41) is 0. The predicted octanol–water partition coefficient (Wildman–Crippen LogP) is 2.78. The lowest BCUT2D eigenvalue weighted by molar-refractivity contribution is -0.903. The van der Waals surface area contributed by atoms with Gasteiger partial charge in [0.15, 0.2) is 0 Å². The second kappa shape index (κ2) is 6.32. The monoisotopic (exact) mass is 419 g/mol. The van der Waals surface area contributed by atoms with Crippen LogP contribution in [0.1, 0.15) is 12.0 Å². The molecule has 0 aliphatic carbocycles. The Bertz CT molecular complexity index is 511. The van der Waals surface area contributed by atoms with E-state index in [1.54, 1.807) is 11.3 Å². The maximum Gasteiger partial charge on any atom is 0.106 e. The summed E-state index contributed by atoms with van der Waals surface area (Å²) in [7, 11) is -0.0517. The van der Waals surface area contributed by atoms with Crippen molar-refractivity contribution in [3.05, 3.63) is 19.2 Å². The van der Waals surface area contributed by atoms with Crippen molar-refractivity contribution in [2.24, 2.45) is 0 Å². The molecule has 0 fully saturated rings. The molecule has 0 saturated carbocycles. The SMILES string of the molecule is C[N+](C)(CCCS(=O)(=O)[O-])Cc1cc(Br)sc1Br. The molecule has 1 heterocycles. The number of halogens is 2. The second-order valence-electron chi connectivity index (χ2n) is 4.78. The molecule has 1 rings (SSSR count). The van der Waals surface area contributed by atoms with E-state index in [0.717, 1.165) is 14.1 Å². The zero-order valence-corrected chi connectivity index (χ0v) is 15.0. The van der Waals surface area contributed by atoms with Gasteiger partial charge in [-0.1, -0.05) is 0 Å². The zero-order valence-electron chi connectivity index (χ0n) is 10.2. The number of hydrogen-bond donors (Lipinski definition) is 0. The van der Waals surface area contributed by atoms with Gasteiger partial charge in [0, 0.05) is 17.7 Å². The highest BCUT2D eigenvalue weighted by Gasteiger charge is 2.19. The molecule has 4 nitrogen and oxygen atoms in total. The normalized spacial score (nSPS) is 12.9. The summed E-state index contributed by atoms with van der Waals surface area (Å²) >= 11 is 8.55. The fraction of sp³-hybridized carbons (Fsp3) is 0.600. The molecule has 0 saturated heterocycles. The van der Waals surface area contributed by atoms with Crippen LogP contribution in [0.3, 0.4) is 0 Å². The highest BCUT2D eigenvalue weighted by molar-refractivity contribution is 9.12. The topological polar surface area (TPSA) is 57.2 Å². The van der Waals surface area contributed by atoms with Crippen LogP contribution in [-0.2, 0) is 16.7 Å². The molecule has 0 bridgehead atoms.